The van der Waals surface area contributed by atoms with Crippen LogP contribution in [0.4, 0.5) is 5.69 Å². The molecule has 0 atom stereocenters. The van der Waals surface area contributed by atoms with Crippen molar-refractivity contribution >= 4 is 15.7 Å². The Balaban J connectivity index is 2.41. The highest BCUT2D eigenvalue weighted by Gasteiger charge is 2.17. The lowest BCUT2D eigenvalue weighted by molar-refractivity contribution is 0.600. The molecule has 0 heterocycles. The van der Waals surface area contributed by atoms with Crippen molar-refractivity contribution in [3.8, 4) is 0 Å². The molecule has 0 amide bonds. The van der Waals surface area contributed by atoms with Gasteiger partial charge in [-0.2, -0.15) is 0 Å². The van der Waals surface area contributed by atoms with Crippen LogP contribution in [0.5, 0.6) is 0 Å². The van der Waals surface area contributed by atoms with Crippen LogP contribution in [-0.4, -0.2) is 8.42 Å². The zero-order valence-corrected chi connectivity index (χ0v) is 12.1. The van der Waals surface area contributed by atoms with Crippen LogP contribution in [-0.2, 0) is 10.0 Å². The van der Waals surface area contributed by atoms with Gasteiger partial charge in [0.15, 0.2) is 0 Å². The number of hydrogen-bond donors (Lipinski definition) is 1. The third-order valence-electron chi connectivity index (χ3n) is 3.01. The summed E-state index contributed by atoms with van der Waals surface area (Å²) in [6.45, 7) is 5.62. The van der Waals surface area contributed by atoms with E-state index in [-0.39, 0.29) is 0 Å². The van der Waals surface area contributed by atoms with Gasteiger partial charge in [-0.25, -0.2) is 8.42 Å². The summed E-state index contributed by atoms with van der Waals surface area (Å²) in [6.07, 6.45) is 0. The Bertz CT molecular complexity index is 706. The van der Waals surface area contributed by atoms with E-state index in [9.17, 15) is 8.42 Å². The minimum Gasteiger partial charge on any atom is -0.279 e. The van der Waals surface area contributed by atoms with Crippen molar-refractivity contribution in [1.82, 2.24) is 0 Å². The van der Waals surface area contributed by atoms with Crippen molar-refractivity contribution in [3.05, 3.63) is 59.2 Å². The van der Waals surface area contributed by atoms with Gasteiger partial charge in [0.25, 0.3) is 10.0 Å². The molecule has 2 aromatic rings. The van der Waals surface area contributed by atoms with E-state index in [1.807, 2.05) is 38.1 Å². The van der Waals surface area contributed by atoms with Crippen LogP contribution < -0.4 is 4.72 Å². The van der Waals surface area contributed by atoms with E-state index in [1.165, 1.54) is 0 Å². The van der Waals surface area contributed by atoms with E-state index >= 15 is 0 Å². The fourth-order valence-corrected chi connectivity index (χ4v) is 3.35. The summed E-state index contributed by atoms with van der Waals surface area (Å²) < 4.78 is 27.4. The molecule has 0 aliphatic rings. The Hall–Kier alpha value is -1.81. The normalized spacial score (nSPS) is 11.3. The predicted octanol–water partition coefficient (Wildman–Crippen LogP) is 3.41. The van der Waals surface area contributed by atoms with Crippen LogP contribution in [0.3, 0.4) is 0 Å². The SMILES string of the molecule is Cc1ccc(S(=O)(=O)Nc2ccccc2C)c(C)c1. The molecule has 0 spiro atoms. The summed E-state index contributed by atoms with van der Waals surface area (Å²) in [7, 11) is -3.53. The topological polar surface area (TPSA) is 46.2 Å². The summed E-state index contributed by atoms with van der Waals surface area (Å²) in [4.78, 5) is 0.321. The summed E-state index contributed by atoms with van der Waals surface area (Å²) >= 11 is 0. The van der Waals surface area contributed by atoms with Gasteiger partial charge in [0.1, 0.15) is 0 Å². The highest BCUT2D eigenvalue weighted by atomic mass is 32.2. The molecular formula is C15H17NO2S. The van der Waals surface area contributed by atoms with Crippen LogP contribution >= 0.6 is 0 Å². The highest BCUT2D eigenvalue weighted by molar-refractivity contribution is 7.92. The molecule has 0 saturated carbocycles. The number of sulfonamides is 1. The molecule has 0 aliphatic heterocycles. The Morgan fingerprint density at radius 1 is 0.895 bits per heavy atom. The van der Waals surface area contributed by atoms with Gasteiger partial charge in [0.2, 0.25) is 0 Å². The van der Waals surface area contributed by atoms with Crippen molar-refractivity contribution in [2.75, 3.05) is 4.72 Å². The molecule has 0 radical (unpaired) electrons. The van der Waals surface area contributed by atoms with Crippen molar-refractivity contribution in [3.63, 3.8) is 0 Å². The lowest BCUT2D eigenvalue weighted by atomic mass is 10.2. The Kier molecular flexibility index (Phi) is 3.62. The molecular weight excluding hydrogens is 258 g/mol. The van der Waals surface area contributed by atoms with Gasteiger partial charge >= 0.3 is 0 Å². The van der Waals surface area contributed by atoms with E-state index in [1.54, 1.807) is 25.1 Å². The number of para-hydroxylation sites is 1. The smallest absolute Gasteiger partial charge is 0.262 e. The minimum absolute atomic E-state index is 0.321. The third-order valence-corrected chi connectivity index (χ3v) is 4.54. The standard InChI is InChI=1S/C15H17NO2S/c1-11-8-9-15(13(3)10-11)19(17,18)16-14-7-5-4-6-12(14)2/h4-10,16H,1-3H3. The van der Waals surface area contributed by atoms with Crippen molar-refractivity contribution in [2.45, 2.75) is 25.7 Å². The summed E-state index contributed by atoms with van der Waals surface area (Å²) in [5.74, 6) is 0. The zero-order valence-electron chi connectivity index (χ0n) is 11.3. The Morgan fingerprint density at radius 2 is 1.58 bits per heavy atom. The summed E-state index contributed by atoms with van der Waals surface area (Å²) in [5, 5.41) is 0. The molecule has 100 valence electrons. The lowest BCUT2D eigenvalue weighted by Gasteiger charge is -2.12. The molecule has 0 saturated heterocycles. The first kappa shape index (κ1) is 13.6. The fourth-order valence-electron chi connectivity index (χ4n) is 1.99. The van der Waals surface area contributed by atoms with Gasteiger partial charge < -0.3 is 0 Å². The molecule has 3 nitrogen and oxygen atoms in total. The van der Waals surface area contributed by atoms with Gasteiger partial charge in [0, 0.05) is 0 Å². The van der Waals surface area contributed by atoms with Crippen molar-refractivity contribution in [2.24, 2.45) is 0 Å². The fraction of sp³-hybridized carbons (Fsp3) is 0.200. The summed E-state index contributed by atoms with van der Waals surface area (Å²) in [6, 6.07) is 12.6. The lowest BCUT2D eigenvalue weighted by Crippen LogP contribution is -2.15. The zero-order chi connectivity index (χ0) is 14.0. The Labute approximate surface area is 114 Å². The number of aryl methyl sites for hydroxylation is 3. The molecule has 2 rings (SSSR count). The van der Waals surface area contributed by atoms with E-state index in [2.05, 4.69) is 4.72 Å². The van der Waals surface area contributed by atoms with E-state index < -0.39 is 10.0 Å². The van der Waals surface area contributed by atoms with Gasteiger partial charge in [0.05, 0.1) is 10.6 Å². The molecule has 1 N–H and O–H groups in total. The van der Waals surface area contributed by atoms with Crippen LogP contribution in [0.1, 0.15) is 16.7 Å². The second-order valence-corrected chi connectivity index (χ2v) is 6.34. The van der Waals surface area contributed by atoms with Crippen LogP contribution in [0, 0.1) is 20.8 Å². The number of nitrogens with one attached hydrogen (secondary N) is 1. The van der Waals surface area contributed by atoms with Crippen molar-refractivity contribution in [1.29, 1.82) is 0 Å². The van der Waals surface area contributed by atoms with Crippen LogP contribution in [0.25, 0.3) is 0 Å². The molecule has 0 bridgehead atoms. The molecule has 2 aromatic carbocycles. The maximum atomic E-state index is 12.4. The highest BCUT2D eigenvalue weighted by Crippen LogP contribution is 2.22. The van der Waals surface area contributed by atoms with Gasteiger partial charge in [-0.05, 0) is 44.0 Å². The molecule has 0 aromatic heterocycles. The van der Waals surface area contributed by atoms with E-state index in [4.69, 9.17) is 0 Å². The first-order valence-electron chi connectivity index (χ1n) is 6.06. The second-order valence-electron chi connectivity index (χ2n) is 4.69. The van der Waals surface area contributed by atoms with Crippen molar-refractivity contribution < 1.29 is 8.42 Å². The number of rotatable bonds is 3. The van der Waals surface area contributed by atoms with E-state index in [0.29, 0.717) is 10.6 Å². The monoisotopic (exact) mass is 275 g/mol. The average molecular weight is 275 g/mol. The largest absolute Gasteiger partial charge is 0.279 e. The molecule has 19 heavy (non-hydrogen) atoms. The number of anilines is 1. The third kappa shape index (κ3) is 2.96. The van der Waals surface area contributed by atoms with Gasteiger partial charge in [-0.3, -0.25) is 4.72 Å². The molecule has 0 unspecified atom stereocenters. The van der Waals surface area contributed by atoms with Crippen LogP contribution in [0.15, 0.2) is 47.4 Å². The predicted molar refractivity (Wildman–Crippen MR) is 77.9 cm³/mol. The first-order chi connectivity index (χ1) is 8.90. The van der Waals surface area contributed by atoms with Gasteiger partial charge in [-0.1, -0.05) is 35.9 Å². The van der Waals surface area contributed by atoms with E-state index in [0.717, 1.165) is 16.7 Å². The molecule has 0 aliphatic carbocycles. The van der Waals surface area contributed by atoms with Crippen LogP contribution in [0.2, 0.25) is 0 Å². The maximum absolute atomic E-state index is 12.4. The minimum atomic E-state index is -3.53. The molecule has 4 heteroatoms. The maximum Gasteiger partial charge on any atom is 0.262 e. The molecule has 0 fully saturated rings. The average Bonchev–Trinajstić information content (AvgIpc) is 2.31. The number of benzene rings is 2. The second kappa shape index (κ2) is 5.05. The first-order valence-corrected chi connectivity index (χ1v) is 7.54. The Morgan fingerprint density at radius 3 is 2.21 bits per heavy atom. The number of hydrogen-bond acceptors (Lipinski definition) is 2. The summed E-state index contributed by atoms with van der Waals surface area (Å²) in [5.41, 5.74) is 3.31. The quantitative estimate of drug-likeness (QED) is 0.933. The van der Waals surface area contributed by atoms with Gasteiger partial charge in [-0.15, -0.1) is 0 Å².